The molecule has 3 saturated heterocycles. The van der Waals surface area contributed by atoms with Crippen molar-refractivity contribution < 1.29 is 23.2 Å². The van der Waals surface area contributed by atoms with E-state index in [4.69, 9.17) is 0 Å². The van der Waals surface area contributed by atoms with Crippen molar-refractivity contribution in [2.24, 2.45) is 5.92 Å². The Morgan fingerprint density at radius 3 is 2.19 bits per heavy atom. The number of amides is 3. The molecule has 4 aromatic carbocycles. The maximum absolute atomic E-state index is 15.0. The minimum Gasteiger partial charge on any atom is -0.372 e. The predicted octanol–water partition coefficient (Wildman–Crippen LogP) is 6.94. The molecule has 59 heavy (non-hydrogen) atoms. The first-order valence-corrected chi connectivity index (χ1v) is 21.0. The van der Waals surface area contributed by atoms with E-state index in [2.05, 4.69) is 66.6 Å². The summed E-state index contributed by atoms with van der Waals surface area (Å²) in [6, 6.07) is 25.0. The smallest absolute Gasteiger partial charge is 0.255 e. The van der Waals surface area contributed by atoms with E-state index in [0.717, 1.165) is 123 Å². The fourth-order valence-electron chi connectivity index (χ4n) is 10.2. The molecular formula is C47H47F2N7O3. The van der Waals surface area contributed by atoms with E-state index in [9.17, 15) is 18.8 Å². The number of halogens is 2. The highest BCUT2D eigenvalue weighted by atomic mass is 19.1. The number of carbonyl (C=O) groups is 3. The second kappa shape index (κ2) is 15.4. The molecule has 2 N–H and O–H groups in total. The van der Waals surface area contributed by atoms with Crippen LogP contribution in [-0.2, 0) is 22.6 Å². The van der Waals surface area contributed by atoms with Crippen LogP contribution in [0.25, 0.3) is 22.0 Å². The molecule has 12 heteroatoms. The number of rotatable bonds is 7. The lowest BCUT2D eigenvalue weighted by Gasteiger charge is -2.40. The van der Waals surface area contributed by atoms with Gasteiger partial charge in [0.15, 0.2) is 0 Å². The van der Waals surface area contributed by atoms with Crippen molar-refractivity contribution >= 4 is 51.1 Å². The van der Waals surface area contributed by atoms with Crippen molar-refractivity contribution in [1.29, 1.82) is 0 Å². The molecule has 0 bridgehead atoms. The Bertz CT molecular complexity index is 2480. The second-order valence-electron chi connectivity index (χ2n) is 16.7. The molecular weight excluding hydrogens is 749 g/mol. The predicted molar refractivity (Wildman–Crippen MR) is 224 cm³/mol. The van der Waals surface area contributed by atoms with Gasteiger partial charge in [-0.05, 0) is 132 Å². The molecule has 3 amide bonds. The number of imide groups is 1. The zero-order chi connectivity index (χ0) is 40.2. The molecule has 0 saturated carbocycles. The van der Waals surface area contributed by atoms with Crippen molar-refractivity contribution in [3.05, 3.63) is 124 Å². The van der Waals surface area contributed by atoms with Gasteiger partial charge in [-0.15, -0.1) is 5.10 Å². The maximum atomic E-state index is 15.0. The van der Waals surface area contributed by atoms with Crippen molar-refractivity contribution in [1.82, 2.24) is 25.3 Å². The highest BCUT2D eigenvalue weighted by Gasteiger charge is 2.39. The molecule has 4 aliphatic heterocycles. The van der Waals surface area contributed by atoms with E-state index in [0.29, 0.717) is 35.3 Å². The quantitative estimate of drug-likeness (QED) is 0.172. The third-order valence-corrected chi connectivity index (χ3v) is 13.3. The van der Waals surface area contributed by atoms with Gasteiger partial charge in [0.25, 0.3) is 5.91 Å². The number of H-pyrrole nitrogens is 1. The molecule has 0 unspecified atom stereocenters. The number of aryl methyl sites for hydroxylation is 1. The van der Waals surface area contributed by atoms with Crippen LogP contribution in [0.3, 0.4) is 0 Å². The third-order valence-electron chi connectivity index (χ3n) is 13.3. The lowest BCUT2D eigenvalue weighted by atomic mass is 9.87. The molecule has 5 aromatic rings. The van der Waals surface area contributed by atoms with Crippen LogP contribution in [0.1, 0.15) is 76.7 Å². The van der Waals surface area contributed by atoms with Gasteiger partial charge < -0.3 is 14.7 Å². The van der Waals surface area contributed by atoms with E-state index in [1.54, 1.807) is 4.90 Å². The topological polar surface area (TPSA) is 105 Å². The van der Waals surface area contributed by atoms with Gasteiger partial charge in [-0.1, -0.05) is 30.3 Å². The van der Waals surface area contributed by atoms with Crippen molar-refractivity contribution in [3.8, 4) is 0 Å². The molecule has 1 atom stereocenters. The monoisotopic (exact) mass is 795 g/mol. The summed E-state index contributed by atoms with van der Waals surface area (Å²) in [6.45, 7) is 7.27. The van der Waals surface area contributed by atoms with Gasteiger partial charge in [0.2, 0.25) is 17.8 Å². The number of aromatic nitrogens is 2. The van der Waals surface area contributed by atoms with Crippen LogP contribution in [0.5, 0.6) is 0 Å². The molecule has 5 aliphatic rings. The Morgan fingerprint density at radius 2 is 1.42 bits per heavy atom. The number of piperazine rings is 1. The molecule has 302 valence electrons. The summed E-state index contributed by atoms with van der Waals surface area (Å²) >= 11 is 0. The van der Waals surface area contributed by atoms with E-state index >= 15 is 4.39 Å². The minimum absolute atomic E-state index is 0.139. The zero-order valence-electron chi connectivity index (χ0n) is 33.0. The largest absolute Gasteiger partial charge is 0.372 e. The number of hydrogen-bond donors (Lipinski definition) is 2. The first kappa shape index (κ1) is 37.4. The summed E-state index contributed by atoms with van der Waals surface area (Å²) < 4.78 is 29.1. The number of fused-ring (bicyclic) bond motifs is 4. The summed E-state index contributed by atoms with van der Waals surface area (Å²) in [7, 11) is 0. The van der Waals surface area contributed by atoms with Gasteiger partial charge in [-0.25, -0.2) is 4.39 Å². The third kappa shape index (κ3) is 7.07. The normalized spacial score (nSPS) is 20.6. The first-order chi connectivity index (χ1) is 28.8. The molecule has 0 radical (unpaired) electrons. The number of benzene rings is 4. The SMILES string of the molecule is O=C1CC[C@H](N2Cc3cc(N4CCN(CC5CCN(c6ccc(C7=C(c8ccc(F)cc8)CCCc8c7ccc7[nH]nc(F)c87)cc6)CC5)CC4)ccc3C2=O)C(=O)N1. The molecule has 1 aliphatic carbocycles. The Kier molecular flexibility index (Phi) is 9.74. The molecule has 10 nitrogen and oxygen atoms in total. The van der Waals surface area contributed by atoms with Gasteiger partial charge >= 0.3 is 0 Å². The molecule has 0 spiro atoms. The molecule has 5 heterocycles. The van der Waals surface area contributed by atoms with Gasteiger partial charge in [-0.3, -0.25) is 29.7 Å². The lowest BCUT2D eigenvalue weighted by Crippen LogP contribution is -2.52. The van der Waals surface area contributed by atoms with Crippen molar-refractivity contribution in [2.75, 3.05) is 55.6 Å². The Labute approximate surface area is 341 Å². The molecule has 3 fully saturated rings. The number of carbonyl (C=O) groups excluding carboxylic acids is 3. The highest BCUT2D eigenvalue weighted by Crippen LogP contribution is 2.43. The van der Waals surface area contributed by atoms with Gasteiger partial charge in [0, 0.05) is 75.7 Å². The minimum atomic E-state index is -0.604. The number of aromatic amines is 1. The van der Waals surface area contributed by atoms with Gasteiger partial charge in [0.1, 0.15) is 11.9 Å². The number of anilines is 2. The van der Waals surface area contributed by atoms with E-state index in [-0.39, 0.29) is 30.0 Å². The number of hydrogen-bond acceptors (Lipinski definition) is 7. The number of nitrogens with zero attached hydrogens (tertiary/aromatic N) is 5. The average Bonchev–Trinajstić information content (AvgIpc) is 3.72. The van der Waals surface area contributed by atoms with Crippen LogP contribution in [0.2, 0.25) is 0 Å². The van der Waals surface area contributed by atoms with Crippen LogP contribution < -0.4 is 15.1 Å². The zero-order valence-corrected chi connectivity index (χ0v) is 33.0. The maximum Gasteiger partial charge on any atom is 0.255 e. The number of nitrogens with one attached hydrogen (secondary N) is 2. The summed E-state index contributed by atoms with van der Waals surface area (Å²) in [5, 5.41) is 9.66. The highest BCUT2D eigenvalue weighted by molar-refractivity contribution is 6.06. The molecule has 1 aromatic heterocycles. The average molecular weight is 796 g/mol. The second-order valence-corrected chi connectivity index (χ2v) is 16.7. The summed E-state index contributed by atoms with van der Waals surface area (Å²) in [5.74, 6) is -0.909. The standard InChI is InChI=1S/C47H47F2N7O3/c48-33-8-4-30(5-9-33)36-2-1-3-38-39(14-15-40-44(38)45(49)52-51-40)43(36)31-6-10-34(11-7-31)54-20-18-29(19-21-54)27-53-22-24-55(25-23-53)35-12-13-37-32(26-35)28-56(47(37)59)41-16-17-42(57)50-46(41)58/h4-15,26,29,41H,1-3,16-25,27-28H2,(H,51,52)(H,50,57,58)/t41-/m0/s1. The summed E-state index contributed by atoms with van der Waals surface area (Å²) in [4.78, 5) is 46.4. The Hall–Kier alpha value is -5.88. The van der Waals surface area contributed by atoms with Crippen LogP contribution in [0.4, 0.5) is 20.2 Å². The van der Waals surface area contributed by atoms with E-state index < -0.39 is 12.0 Å². The van der Waals surface area contributed by atoms with Gasteiger partial charge in [-0.2, -0.15) is 4.39 Å². The Morgan fingerprint density at radius 1 is 0.712 bits per heavy atom. The fourth-order valence-corrected chi connectivity index (χ4v) is 10.2. The number of allylic oxidation sites excluding steroid dienone is 1. The van der Waals surface area contributed by atoms with Crippen molar-refractivity contribution in [3.63, 3.8) is 0 Å². The molecule has 10 rings (SSSR count). The first-order valence-electron chi connectivity index (χ1n) is 21.0. The van der Waals surface area contributed by atoms with Crippen LogP contribution in [-0.4, -0.2) is 89.6 Å². The summed E-state index contributed by atoms with van der Waals surface area (Å²) in [5.41, 5.74) is 10.8. The fraction of sp³-hybridized carbons (Fsp3) is 0.362. The Balaban J connectivity index is 0.771. The van der Waals surface area contributed by atoms with Crippen LogP contribution >= 0.6 is 0 Å². The van der Waals surface area contributed by atoms with Crippen LogP contribution in [0, 0.1) is 17.7 Å². The van der Waals surface area contributed by atoms with Crippen molar-refractivity contribution in [2.45, 2.75) is 57.5 Å². The van der Waals surface area contributed by atoms with E-state index in [1.807, 2.05) is 30.3 Å². The van der Waals surface area contributed by atoms with E-state index in [1.165, 1.54) is 17.8 Å². The lowest BCUT2D eigenvalue weighted by molar-refractivity contribution is -0.136. The number of piperidine rings is 2. The summed E-state index contributed by atoms with van der Waals surface area (Å²) in [6.07, 6.45) is 5.24. The van der Waals surface area contributed by atoms with Gasteiger partial charge in [0.05, 0.1) is 10.9 Å². The van der Waals surface area contributed by atoms with Crippen LogP contribution in [0.15, 0.2) is 78.9 Å².